The Morgan fingerprint density at radius 1 is 1.05 bits per heavy atom. The number of hydrogen-bond acceptors (Lipinski definition) is 5. The maximum atomic E-state index is 5.58. The summed E-state index contributed by atoms with van der Waals surface area (Å²) in [4.78, 5) is 4.93. The Hall–Kier alpha value is -1.46. The van der Waals surface area contributed by atoms with E-state index in [1.807, 2.05) is 6.07 Å². The third kappa shape index (κ3) is 3.47. The molecule has 0 aliphatic carbocycles. The standard InChI is InChI=1S/C17H28N2O3/c1-6-14-12-19(10-9-18(14)2)11-13-7-8-15(20-3)17(22-5)16(13)21-4/h7-8,14H,6,9-12H2,1-5H3/t14-/m1/s1. The van der Waals surface area contributed by atoms with E-state index in [0.29, 0.717) is 17.5 Å². The highest BCUT2D eigenvalue weighted by Gasteiger charge is 2.24. The smallest absolute Gasteiger partial charge is 0.203 e. The van der Waals surface area contributed by atoms with Crippen LogP contribution in [0, 0.1) is 0 Å². The minimum atomic E-state index is 0.625. The van der Waals surface area contributed by atoms with Crippen LogP contribution in [-0.2, 0) is 6.54 Å². The highest BCUT2D eigenvalue weighted by molar-refractivity contribution is 5.55. The average molecular weight is 308 g/mol. The molecule has 0 bridgehead atoms. The Bertz CT molecular complexity index is 493. The summed E-state index contributed by atoms with van der Waals surface area (Å²) in [6.07, 6.45) is 1.18. The minimum absolute atomic E-state index is 0.625. The molecule has 1 saturated heterocycles. The van der Waals surface area contributed by atoms with Crippen LogP contribution >= 0.6 is 0 Å². The van der Waals surface area contributed by atoms with Gasteiger partial charge in [0.15, 0.2) is 11.5 Å². The van der Waals surface area contributed by atoms with E-state index in [4.69, 9.17) is 14.2 Å². The fourth-order valence-corrected chi connectivity index (χ4v) is 3.12. The molecule has 1 aliphatic heterocycles. The lowest BCUT2D eigenvalue weighted by Gasteiger charge is -2.39. The second-order valence-electron chi connectivity index (χ2n) is 5.77. The molecule has 124 valence electrons. The van der Waals surface area contributed by atoms with Gasteiger partial charge in [0.1, 0.15) is 0 Å². The summed E-state index contributed by atoms with van der Waals surface area (Å²) in [5.74, 6) is 2.14. The van der Waals surface area contributed by atoms with Crippen molar-refractivity contribution in [3.8, 4) is 17.2 Å². The first kappa shape index (κ1) is 16.9. The molecule has 0 N–H and O–H groups in total. The zero-order valence-electron chi connectivity index (χ0n) is 14.4. The maximum absolute atomic E-state index is 5.58. The van der Waals surface area contributed by atoms with Crippen molar-refractivity contribution in [1.29, 1.82) is 0 Å². The molecule has 1 heterocycles. The zero-order valence-corrected chi connectivity index (χ0v) is 14.4. The quantitative estimate of drug-likeness (QED) is 0.805. The Morgan fingerprint density at radius 3 is 2.36 bits per heavy atom. The Kier molecular flexibility index (Phi) is 5.91. The molecule has 1 aliphatic rings. The second-order valence-corrected chi connectivity index (χ2v) is 5.77. The number of ether oxygens (including phenoxy) is 3. The Balaban J connectivity index is 2.19. The fourth-order valence-electron chi connectivity index (χ4n) is 3.12. The topological polar surface area (TPSA) is 34.2 Å². The molecule has 22 heavy (non-hydrogen) atoms. The van der Waals surface area contributed by atoms with E-state index in [1.165, 1.54) is 6.42 Å². The molecule has 0 saturated carbocycles. The van der Waals surface area contributed by atoms with Gasteiger partial charge < -0.3 is 19.1 Å². The molecule has 1 aromatic carbocycles. The first-order chi connectivity index (χ1) is 10.6. The van der Waals surface area contributed by atoms with Gasteiger partial charge in [-0.2, -0.15) is 0 Å². The fraction of sp³-hybridized carbons (Fsp3) is 0.647. The number of benzene rings is 1. The molecule has 0 unspecified atom stereocenters. The summed E-state index contributed by atoms with van der Waals surface area (Å²) in [6, 6.07) is 4.64. The van der Waals surface area contributed by atoms with Gasteiger partial charge in [-0.05, 0) is 19.5 Å². The van der Waals surface area contributed by atoms with E-state index >= 15 is 0 Å². The lowest BCUT2D eigenvalue weighted by molar-refractivity contribution is 0.0877. The van der Waals surface area contributed by atoms with Crippen molar-refractivity contribution >= 4 is 0 Å². The summed E-state index contributed by atoms with van der Waals surface area (Å²) >= 11 is 0. The van der Waals surface area contributed by atoms with Crippen LogP contribution in [0.5, 0.6) is 17.2 Å². The van der Waals surface area contributed by atoms with E-state index in [9.17, 15) is 0 Å². The summed E-state index contributed by atoms with van der Waals surface area (Å²) in [5.41, 5.74) is 1.14. The lowest BCUT2D eigenvalue weighted by Crippen LogP contribution is -2.50. The Labute approximate surface area is 133 Å². The van der Waals surface area contributed by atoms with E-state index in [1.54, 1.807) is 21.3 Å². The third-order valence-electron chi connectivity index (χ3n) is 4.51. The van der Waals surface area contributed by atoms with Crippen LogP contribution in [0.2, 0.25) is 0 Å². The monoisotopic (exact) mass is 308 g/mol. The van der Waals surface area contributed by atoms with Crippen LogP contribution in [0.15, 0.2) is 12.1 Å². The summed E-state index contributed by atoms with van der Waals surface area (Å²) in [6.45, 7) is 6.39. The molecule has 0 aromatic heterocycles. The van der Waals surface area contributed by atoms with Crippen LogP contribution in [0.1, 0.15) is 18.9 Å². The maximum Gasteiger partial charge on any atom is 0.203 e. The first-order valence-electron chi connectivity index (χ1n) is 7.85. The average Bonchev–Trinajstić information content (AvgIpc) is 2.55. The number of piperazine rings is 1. The first-order valence-corrected chi connectivity index (χ1v) is 7.85. The van der Waals surface area contributed by atoms with Gasteiger partial charge in [0, 0.05) is 37.8 Å². The van der Waals surface area contributed by atoms with Crippen molar-refractivity contribution in [2.75, 3.05) is 48.0 Å². The van der Waals surface area contributed by atoms with Crippen LogP contribution in [0.4, 0.5) is 0 Å². The van der Waals surface area contributed by atoms with Gasteiger partial charge in [-0.1, -0.05) is 13.0 Å². The van der Waals surface area contributed by atoms with Crippen LogP contribution in [-0.4, -0.2) is 63.9 Å². The molecule has 0 spiro atoms. The van der Waals surface area contributed by atoms with E-state index < -0.39 is 0 Å². The van der Waals surface area contributed by atoms with Crippen molar-refractivity contribution in [2.24, 2.45) is 0 Å². The van der Waals surface area contributed by atoms with Gasteiger partial charge in [-0.3, -0.25) is 4.90 Å². The predicted octanol–water partition coefficient (Wildman–Crippen LogP) is 2.24. The highest BCUT2D eigenvalue weighted by Crippen LogP contribution is 2.40. The van der Waals surface area contributed by atoms with Gasteiger partial charge in [0.05, 0.1) is 21.3 Å². The van der Waals surface area contributed by atoms with Crippen molar-refractivity contribution in [3.05, 3.63) is 17.7 Å². The molecule has 0 radical (unpaired) electrons. The minimum Gasteiger partial charge on any atom is -0.493 e. The normalized spacial score (nSPS) is 20.0. The largest absolute Gasteiger partial charge is 0.493 e. The number of rotatable bonds is 6. The molecule has 5 nitrogen and oxygen atoms in total. The van der Waals surface area contributed by atoms with Crippen molar-refractivity contribution in [1.82, 2.24) is 9.80 Å². The van der Waals surface area contributed by atoms with Gasteiger partial charge >= 0.3 is 0 Å². The van der Waals surface area contributed by atoms with Gasteiger partial charge in [-0.15, -0.1) is 0 Å². The van der Waals surface area contributed by atoms with Gasteiger partial charge in [-0.25, -0.2) is 0 Å². The number of nitrogens with zero attached hydrogens (tertiary/aromatic N) is 2. The summed E-state index contributed by atoms with van der Waals surface area (Å²) in [7, 11) is 7.18. The number of hydrogen-bond donors (Lipinski definition) is 0. The number of methoxy groups -OCH3 is 3. The molecular formula is C17H28N2O3. The molecular weight excluding hydrogens is 280 g/mol. The summed E-state index contributed by atoms with van der Waals surface area (Å²) < 4.78 is 16.4. The van der Waals surface area contributed by atoms with Gasteiger partial charge in [0.2, 0.25) is 5.75 Å². The highest BCUT2D eigenvalue weighted by atomic mass is 16.5. The van der Waals surface area contributed by atoms with E-state index in [2.05, 4.69) is 29.8 Å². The molecule has 1 aromatic rings. The molecule has 0 amide bonds. The zero-order chi connectivity index (χ0) is 16.1. The van der Waals surface area contributed by atoms with E-state index in [0.717, 1.165) is 37.5 Å². The van der Waals surface area contributed by atoms with Crippen molar-refractivity contribution < 1.29 is 14.2 Å². The van der Waals surface area contributed by atoms with Crippen LogP contribution in [0.25, 0.3) is 0 Å². The molecule has 1 fully saturated rings. The van der Waals surface area contributed by atoms with Crippen molar-refractivity contribution in [3.63, 3.8) is 0 Å². The van der Waals surface area contributed by atoms with Gasteiger partial charge in [0.25, 0.3) is 0 Å². The molecule has 2 rings (SSSR count). The van der Waals surface area contributed by atoms with Crippen molar-refractivity contribution in [2.45, 2.75) is 25.9 Å². The predicted molar refractivity (Wildman–Crippen MR) is 88.1 cm³/mol. The number of likely N-dealkylation sites (N-methyl/N-ethyl adjacent to an activating group) is 1. The molecule has 5 heteroatoms. The Morgan fingerprint density at radius 2 is 1.77 bits per heavy atom. The lowest BCUT2D eigenvalue weighted by atomic mass is 10.1. The summed E-state index contributed by atoms with van der Waals surface area (Å²) in [5, 5.41) is 0. The van der Waals surface area contributed by atoms with E-state index in [-0.39, 0.29) is 0 Å². The SMILES string of the molecule is CC[C@@H]1CN(Cc2ccc(OC)c(OC)c2OC)CCN1C. The second kappa shape index (κ2) is 7.70. The van der Waals surface area contributed by atoms with Crippen LogP contribution in [0.3, 0.4) is 0 Å². The third-order valence-corrected chi connectivity index (χ3v) is 4.51. The van der Waals surface area contributed by atoms with Crippen LogP contribution < -0.4 is 14.2 Å². The molecule has 1 atom stereocenters.